The first-order valence-corrected chi connectivity index (χ1v) is 5.85. The average molecular weight is 222 g/mol. The highest BCUT2D eigenvalue weighted by Gasteiger charge is 2.17. The lowest BCUT2D eigenvalue weighted by atomic mass is 9.96. The van der Waals surface area contributed by atoms with Crippen LogP contribution in [0.25, 0.3) is 0 Å². The number of nitrogens with zero attached hydrogens (tertiary/aromatic N) is 1. The Labute approximate surface area is 96.5 Å². The van der Waals surface area contributed by atoms with Crippen LogP contribution in [0.4, 0.5) is 10.1 Å². The highest BCUT2D eigenvalue weighted by atomic mass is 19.1. The number of hydrogen-bond donors (Lipinski definition) is 1. The first-order valence-electron chi connectivity index (χ1n) is 5.85. The van der Waals surface area contributed by atoms with E-state index in [2.05, 4.69) is 24.3 Å². The SMILES string of the molecule is CN(C)CCC1CCc2cc(F)ccc2N1. The van der Waals surface area contributed by atoms with Gasteiger partial charge in [-0.15, -0.1) is 0 Å². The third kappa shape index (κ3) is 2.73. The molecule has 0 aliphatic carbocycles. The number of halogens is 1. The van der Waals surface area contributed by atoms with E-state index in [4.69, 9.17) is 0 Å². The molecule has 2 nitrogen and oxygen atoms in total. The molecule has 1 N–H and O–H groups in total. The molecule has 3 heteroatoms. The largest absolute Gasteiger partial charge is 0.382 e. The van der Waals surface area contributed by atoms with Crippen molar-refractivity contribution < 1.29 is 4.39 Å². The zero-order valence-electron chi connectivity index (χ0n) is 9.96. The molecule has 0 saturated carbocycles. The molecule has 88 valence electrons. The second-order valence-electron chi connectivity index (χ2n) is 4.77. The van der Waals surface area contributed by atoms with Gasteiger partial charge in [-0.2, -0.15) is 0 Å². The molecular formula is C13H19FN2. The van der Waals surface area contributed by atoms with Crippen molar-refractivity contribution >= 4 is 5.69 Å². The van der Waals surface area contributed by atoms with Gasteiger partial charge >= 0.3 is 0 Å². The van der Waals surface area contributed by atoms with Crippen LogP contribution >= 0.6 is 0 Å². The lowest BCUT2D eigenvalue weighted by Crippen LogP contribution is -2.29. The molecule has 0 radical (unpaired) electrons. The standard InChI is InChI=1S/C13H19FN2/c1-16(2)8-7-12-5-3-10-9-11(14)4-6-13(10)15-12/h4,6,9,12,15H,3,5,7-8H2,1-2H3. The molecule has 1 atom stereocenters. The fourth-order valence-electron chi connectivity index (χ4n) is 2.16. The van der Waals surface area contributed by atoms with Crippen LogP contribution in [0, 0.1) is 5.82 Å². The number of aryl methyl sites for hydroxylation is 1. The van der Waals surface area contributed by atoms with Crippen LogP contribution < -0.4 is 5.32 Å². The molecular weight excluding hydrogens is 203 g/mol. The summed E-state index contributed by atoms with van der Waals surface area (Å²) in [5, 5.41) is 3.49. The van der Waals surface area contributed by atoms with E-state index in [0.29, 0.717) is 6.04 Å². The van der Waals surface area contributed by atoms with Crippen molar-refractivity contribution in [2.45, 2.75) is 25.3 Å². The van der Waals surface area contributed by atoms with Gasteiger partial charge in [0.25, 0.3) is 0 Å². The maximum absolute atomic E-state index is 13.0. The van der Waals surface area contributed by atoms with E-state index in [1.807, 2.05) is 6.07 Å². The van der Waals surface area contributed by atoms with E-state index in [1.165, 1.54) is 6.07 Å². The molecule has 0 bridgehead atoms. The zero-order chi connectivity index (χ0) is 11.5. The van der Waals surface area contributed by atoms with Crippen LogP contribution in [0.2, 0.25) is 0 Å². The monoisotopic (exact) mass is 222 g/mol. The summed E-state index contributed by atoms with van der Waals surface area (Å²) >= 11 is 0. The third-order valence-electron chi connectivity index (χ3n) is 3.11. The van der Waals surface area contributed by atoms with Gasteiger partial charge in [-0.3, -0.25) is 0 Å². The zero-order valence-corrected chi connectivity index (χ0v) is 9.96. The lowest BCUT2D eigenvalue weighted by Gasteiger charge is -2.28. The molecule has 0 spiro atoms. The van der Waals surface area contributed by atoms with E-state index in [0.717, 1.165) is 37.1 Å². The molecule has 1 unspecified atom stereocenters. The molecule has 1 aromatic rings. The number of anilines is 1. The third-order valence-corrected chi connectivity index (χ3v) is 3.11. The summed E-state index contributed by atoms with van der Waals surface area (Å²) in [4.78, 5) is 2.20. The van der Waals surface area contributed by atoms with Crippen LogP contribution in [0.1, 0.15) is 18.4 Å². The van der Waals surface area contributed by atoms with Gasteiger partial charge in [-0.1, -0.05) is 0 Å². The molecule has 1 aliphatic heterocycles. The predicted octanol–water partition coefficient (Wildman–Crippen LogP) is 2.50. The quantitative estimate of drug-likeness (QED) is 0.845. The summed E-state index contributed by atoms with van der Waals surface area (Å²) in [5.74, 6) is -0.132. The van der Waals surface area contributed by atoms with E-state index >= 15 is 0 Å². The number of nitrogens with one attached hydrogen (secondary N) is 1. The number of benzene rings is 1. The van der Waals surface area contributed by atoms with Crippen molar-refractivity contribution in [2.24, 2.45) is 0 Å². The van der Waals surface area contributed by atoms with Crippen molar-refractivity contribution in [3.05, 3.63) is 29.6 Å². The fourth-order valence-corrected chi connectivity index (χ4v) is 2.16. The Bertz CT molecular complexity index is 363. The Morgan fingerprint density at radius 3 is 3.00 bits per heavy atom. The Morgan fingerprint density at radius 1 is 1.44 bits per heavy atom. The minimum atomic E-state index is -0.132. The highest BCUT2D eigenvalue weighted by Crippen LogP contribution is 2.26. The fraction of sp³-hybridized carbons (Fsp3) is 0.538. The van der Waals surface area contributed by atoms with Crippen LogP contribution in [0.5, 0.6) is 0 Å². The Hall–Kier alpha value is -1.09. The first-order chi connectivity index (χ1) is 7.65. The van der Waals surface area contributed by atoms with Crippen LogP contribution in [0.15, 0.2) is 18.2 Å². The molecule has 16 heavy (non-hydrogen) atoms. The van der Waals surface area contributed by atoms with Crippen molar-refractivity contribution in [1.29, 1.82) is 0 Å². The minimum Gasteiger partial charge on any atom is -0.382 e. The van der Waals surface area contributed by atoms with E-state index in [1.54, 1.807) is 6.07 Å². The number of rotatable bonds is 3. The van der Waals surface area contributed by atoms with E-state index in [-0.39, 0.29) is 5.82 Å². The second-order valence-corrected chi connectivity index (χ2v) is 4.77. The van der Waals surface area contributed by atoms with Crippen molar-refractivity contribution in [1.82, 2.24) is 4.90 Å². The molecule has 0 fully saturated rings. The van der Waals surface area contributed by atoms with Crippen LogP contribution in [-0.4, -0.2) is 31.6 Å². The van der Waals surface area contributed by atoms with Gasteiger partial charge in [0, 0.05) is 11.7 Å². The maximum atomic E-state index is 13.0. The van der Waals surface area contributed by atoms with E-state index in [9.17, 15) is 4.39 Å². The Morgan fingerprint density at radius 2 is 2.25 bits per heavy atom. The summed E-state index contributed by atoms with van der Waals surface area (Å²) < 4.78 is 13.0. The van der Waals surface area contributed by atoms with Gasteiger partial charge in [0.15, 0.2) is 0 Å². The normalized spacial score (nSPS) is 19.4. The summed E-state index contributed by atoms with van der Waals surface area (Å²) in [7, 11) is 4.18. The van der Waals surface area contributed by atoms with Crippen molar-refractivity contribution in [3.63, 3.8) is 0 Å². The van der Waals surface area contributed by atoms with E-state index < -0.39 is 0 Å². The van der Waals surface area contributed by atoms with Crippen molar-refractivity contribution in [2.75, 3.05) is 26.0 Å². The summed E-state index contributed by atoms with van der Waals surface area (Å²) in [5.41, 5.74) is 2.22. The summed E-state index contributed by atoms with van der Waals surface area (Å²) in [6.07, 6.45) is 3.23. The van der Waals surface area contributed by atoms with Gasteiger partial charge in [0.2, 0.25) is 0 Å². The summed E-state index contributed by atoms with van der Waals surface area (Å²) in [6, 6.07) is 5.55. The minimum absolute atomic E-state index is 0.132. The molecule has 0 saturated heterocycles. The smallest absolute Gasteiger partial charge is 0.123 e. The van der Waals surface area contributed by atoms with Crippen LogP contribution in [-0.2, 0) is 6.42 Å². The van der Waals surface area contributed by atoms with Gasteiger partial charge in [0.1, 0.15) is 5.82 Å². The number of fused-ring (bicyclic) bond motifs is 1. The maximum Gasteiger partial charge on any atom is 0.123 e. The summed E-state index contributed by atoms with van der Waals surface area (Å²) in [6.45, 7) is 1.09. The molecule has 2 rings (SSSR count). The van der Waals surface area contributed by atoms with Crippen molar-refractivity contribution in [3.8, 4) is 0 Å². The Balaban J connectivity index is 1.98. The first kappa shape index (κ1) is 11.4. The molecule has 1 aliphatic rings. The predicted molar refractivity (Wildman–Crippen MR) is 65.3 cm³/mol. The topological polar surface area (TPSA) is 15.3 Å². The average Bonchev–Trinajstić information content (AvgIpc) is 2.26. The number of hydrogen-bond acceptors (Lipinski definition) is 2. The van der Waals surface area contributed by atoms with Gasteiger partial charge in [0.05, 0.1) is 0 Å². The van der Waals surface area contributed by atoms with Gasteiger partial charge in [-0.05, 0) is 63.7 Å². The van der Waals surface area contributed by atoms with Crippen LogP contribution in [0.3, 0.4) is 0 Å². The molecule has 1 aromatic carbocycles. The molecule has 0 aromatic heterocycles. The highest BCUT2D eigenvalue weighted by molar-refractivity contribution is 5.53. The molecule has 0 amide bonds. The lowest BCUT2D eigenvalue weighted by molar-refractivity contribution is 0.379. The molecule has 1 heterocycles. The Kier molecular flexibility index (Phi) is 3.44. The van der Waals surface area contributed by atoms with Gasteiger partial charge in [-0.25, -0.2) is 4.39 Å². The van der Waals surface area contributed by atoms with Gasteiger partial charge < -0.3 is 10.2 Å². The second kappa shape index (κ2) is 4.83.